The van der Waals surface area contributed by atoms with E-state index in [9.17, 15) is 0 Å². The van der Waals surface area contributed by atoms with Gasteiger partial charge in [0.15, 0.2) is 5.16 Å². The Kier molecular flexibility index (Phi) is 6.07. The Hall–Kier alpha value is -1.88. The molecule has 1 atom stereocenters. The molecule has 2 saturated heterocycles. The Morgan fingerprint density at radius 2 is 2.13 bits per heavy atom. The van der Waals surface area contributed by atoms with Crippen LogP contribution in [0.15, 0.2) is 27.1 Å². The summed E-state index contributed by atoms with van der Waals surface area (Å²) in [6, 6.07) is 4.04. The first-order valence-electron chi connectivity index (χ1n) is 10.3. The van der Waals surface area contributed by atoms with E-state index in [1.807, 2.05) is 24.4 Å². The number of aromatic nitrogens is 4. The van der Waals surface area contributed by atoms with E-state index in [1.165, 1.54) is 0 Å². The number of nitrogens with zero attached hydrogens (tertiary/aromatic N) is 5. The van der Waals surface area contributed by atoms with Crippen LogP contribution in [0.25, 0.3) is 10.8 Å². The first-order valence-corrected chi connectivity index (χ1v) is 12.1. The van der Waals surface area contributed by atoms with Crippen molar-refractivity contribution in [3.05, 3.63) is 29.0 Å². The monoisotopic (exact) mass is 447 g/mol. The number of aryl methyl sites for hydroxylation is 1. The normalized spacial score (nSPS) is 19.6. The third-order valence-electron chi connectivity index (χ3n) is 5.36. The van der Waals surface area contributed by atoms with Crippen LogP contribution in [-0.4, -0.2) is 58.8 Å². The van der Waals surface area contributed by atoms with Crippen LogP contribution < -0.4 is 4.90 Å². The number of oxazole rings is 1. The molecule has 0 aromatic carbocycles. The smallest absolute Gasteiger partial charge is 0.236 e. The summed E-state index contributed by atoms with van der Waals surface area (Å²) in [7, 11) is 0. The largest absolute Gasteiger partial charge is 0.440 e. The second-order valence-corrected chi connectivity index (χ2v) is 9.31. The lowest BCUT2D eigenvalue weighted by Gasteiger charge is -2.28. The first kappa shape index (κ1) is 20.0. The SMILES string of the molecule is Cc1oc(-c2cccs2)nc1CSc1nnc(N2CCOCC2)n1C[C@@H]1CCCO1. The molecule has 0 aliphatic carbocycles. The Morgan fingerprint density at radius 3 is 2.90 bits per heavy atom. The molecule has 5 rings (SSSR count). The molecule has 30 heavy (non-hydrogen) atoms. The third-order valence-corrected chi connectivity index (χ3v) is 7.20. The van der Waals surface area contributed by atoms with Crippen molar-refractivity contribution in [2.45, 2.75) is 43.3 Å². The van der Waals surface area contributed by atoms with Crippen LogP contribution in [0.2, 0.25) is 0 Å². The number of hydrogen-bond donors (Lipinski definition) is 0. The quantitative estimate of drug-likeness (QED) is 0.508. The fourth-order valence-electron chi connectivity index (χ4n) is 3.74. The van der Waals surface area contributed by atoms with Crippen LogP contribution in [0.5, 0.6) is 0 Å². The van der Waals surface area contributed by atoms with E-state index in [-0.39, 0.29) is 6.10 Å². The highest BCUT2D eigenvalue weighted by Crippen LogP contribution is 2.31. The molecule has 3 aromatic heterocycles. The van der Waals surface area contributed by atoms with Crippen molar-refractivity contribution in [2.75, 3.05) is 37.8 Å². The summed E-state index contributed by atoms with van der Waals surface area (Å²) in [5, 5.41) is 12.0. The van der Waals surface area contributed by atoms with Crippen LogP contribution in [0.3, 0.4) is 0 Å². The Balaban J connectivity index is 1.35. The highest BCUT2D eigenvalue weighted by atomic mass is 32.2. The Bertz CT molecular complexity index is 959. The second-order valence-electron chi connectivity index (χ2n) is 7.42. The number of morpholine rings is 1. The average Bonchev–Trinajstić information content (AvgIpc) is 3.56. The Labute approximate surface area is 183 Å². The fraction of sp³-hybridized carbons (Fsp3) is 0.550. The lowest BCUT2D eigenvalue weighted by molar-refractivity contribution is 0.0942. The van der Waals surface area contributed by atoms with Crippen molar-refractivity contribution in [1.82, 2.24) is 19.7 Å². The molecule has 2 fully saturated rings. The molecule has 3 aromatic rings. The predicted molar refractivity (Wildman–Crippen MR) is 116 cm³/mol. The lowest BCUT2D eigenvalue weighted by atomic mass is 10.2. The highest BCUT2D eigenvalue weighted by molar-refractivity contribution is 7.98. The van der Waals surface area contributed by atoms with Crippen LogP contribution in [0, 0.1) is 6.92 Å². The molecule has 0 spiro atoms. The molecule has 8 nitrogen and oxygen atoms in total. The number of anilines is 1. The number of hydrogen-bond acceptors (Lipinski definition) is 9. The molecule has 10 heteroatoms. The van der Waals surface area contributed by atoms with Gasteiger partial charge in [0.05, 0.1) is 36.4 Å². The molecule has 2 aliphatic heterocycles. The molecule has 0 N–H and O–H groups in total. The van der Waals surface area contributed by atoms with Crippen molar-refractivity contribution in [3.8, 4) is 10.8 Å². The second kappa shape index (κ2) is 9.09. The van der Waals surface area contributed by atoms with Gasteiger partial charge in [-0.2, -0.15) is 0 Å². The Morgan fingerprint density at radius 1 is 1.23 bits per heavy atom. The van der Waals surface area contributed by atoms with Gasteiger partial charge in [0, 0.05) is 25.4 Å². The number of ether oxygens (including phenoxy) is 2. The average molecular weight is 448 g/mol. The van der Waals surface area contributed by atoms with Gasteiger partial charge in [-0.1, -0.05) is 17.8 Å². The molecule has 0 radical (unpaired) electrons. The van der Waals surface area contributed by atoms with Gasteiger partial charge >= 0.3 is 0 Å². The van der Waals surface area contributed by atoms with Crippen molar-refractivity contribution < 1.29 is 13.9 Å². The minimum Gasteiger partial charge on any atom is -0.440 e. The van der Waals surface area contributed by atoms with Gasteiger partial charge in [-0.05, 0) is 31.2 Å². The molecule has 2 aliphatic rings. The highest BCUT2D eigenvalue weighted by Gasteiger charge is 2.25. The van der Waals surface area contributed by atoms with E-state index < -0.39 is 0 Å². The van der Waals surface area contributed by atoms with Gasteiger partial charge in [0.2, 0.25) is 11.8 Å². The summed E-state index contributed by atoms with van der Waals surface area (Å²) >= 11 is 3.28. The molecule has 0 bridgehead atoms. The maximum absolute atomic E-state index is 5.90. The van der Waals surface area contributed by atoms with Crippen molar-refractivity contribution >= 4 is 29.0 Å². The standard InChI is InChI=1S/C20H25N5O3S2/c1-14-16(21-18(28-14)17-5-3-11-29-17)13-30-20-23-22-19(24-6-9-26-10-7-24)25(20)12-15-4-2-8-27-15/h3,5,11,15H,2,4,6-10,12-13H2,1H3/t15-/m0/s1. The molecule has 0 saturated carbocycles. The van der Waals surface area contributed by atoms with Gasteiger partial charge in [0.1, 0.15) is 5.76 Å². The van der Waals surface area contributed by atoms with E-state index in [2.05, 4.69) is 19.7 Å². The van der Waals surface area contributed by atoms with Crippen LogP contribution in [-0.2, 0) is 21.8 Å². The zero-order valence-electron chi connectivity index (χ0n) is 17.0. The summed E-state index contributed by atoms with van der Waals surface area (Å²) in [5.41, 5.74) is 0.947. The van der Waals surface area contributed by atoms with Crippen LogP contribution in [0.1, 0.15) is 24.3 Å². The van der Waals surface area contributed by atoms with E-state index in [0.29, 0.717) is 11.6 Å². The summed E-state index contributed by atoms with van der Waals surface area (Å²) in [6.45, 7) is 6.70. The first-order chi connectivity index (χ1) is 14.8. The fourth-order valence-corrected chi connectivity index (χ4v) is 5.33. The maximum Gasteiger partial charge on any atom is 0.236 e. The summed E-state index contributed by atoms with van der Waals surface area (Å²) in [4.78, 5) is 8.01. The number of rotatable bonds is 7. The van der Waals surface area contributed by atoms with Crippen molar-refractivity contribution in [2.24, 2.45) is 0 Å². The van der Waals surface area contributed by atoms with Gasteiger partial charge in [-0.15, -0.1) is 21.5 Å². The predicted octanol–water partition coefficient (Wildman–Crippen LogP) is 3.61. The third kappa shape index (κ3) is 4.27. The zero-order chi connectivity index (χ0) is 20.3. The summed E-state index contributed by atoms with van der Waals surface area (Å²) in [6.07, 6.45) is 2.42. The van der Waals surface area contributed by atoms with Crippen LogP contribution >= 0.6 is 23.1 Å². The molecule has 160 valence electrons. The van der Waals surface area contributed by atoms with E-state index in [1.54, 1.807) is 23.1 Å². The van der Waals surface area contributed by atoms with Gasteiger partial charge < -0.3 is 18.8 Å². The molecule has 5 heterocycles. The van der Waals surface area contributed by atoms with Gasteiger partial charge in [-0.3, -0.25) is 4.57 Å². The number of thioether (sulfide) groups is 1. The molecular formula is C20H25N5O3S2. The molecule has 0 amide bonds. The molecular weight excluding hydrogens is 422 g/mol. The minimum absolute atomic E-state index is 0.222. The van der Waals surface area contributed by atoms with Crippen molar-refractivity contribution in [3.63, 3.8) is 0 Å². The van der Waals surface area contributed by atoms with E-state index >= 15 is 0 Å². The molecule has 0 unspecified atom stereocenters. The van der Waals surface area contributed by atoms with Gasteiger partial charge in [0.25, 0.3) is 0 Å². The van der Waals surface area contributed by atoms with Gasteiger partial charge in [-0.25, -0.2) is 4.98 Å². The topological polar surface area (TPSA) is 78.4 Å². The zero-order valence-corrected chi connectivity index (χ0v) is 18.6. The minimum atomic E-state index is 0.222. The lowest BCUT2D eigenvalue weighted by Crippen LogP contribution is -2.38. The van der Waals surface area contributed by atoms with Crippen LogP contribution in [0.4, 0.5) is 5.95 Å². The van der Waals surface area contributed by atoms with E-state index in [4.69, 9.17) is 18.9 Å². The number of thiophene rings is 1. The van der Waals surface area contributed by atoms with Crippen molar-refractivity contribution in [1.29, 1.82) is 0 Å². The summed E-state index contributed by atoms with van der Waals surface area (Å²) in [5.74, 6) is 3.14. The van der Waals surface area contributed by atoms with E-state index in [0.717, 1.165) is 79.7 Å². The maximum atomic E-state index is 5.90. The summed E-state index contributed by atoms with van der Waals surface area (Å²) < 4.78 is 19.5.